The molecule has 0 aromatic rings. The van der Waals surface area contributed by atoms with Gasteiger partial charge in [0.05, 0.1) is 38.5 Å². The summed E-state index contributed by atoms with van der Waals surface area (Å²) < 4.78 is 0. The molecule has 0 rings (SSSR count). The van der Waals surface area contributed by atoms with Crippen LogP contribution in [0.25, 0.3) is 0 Å². The summed E-state index contributed by atoms with van der Waals surface area (Å²) in [6.07, 6.45) is -6.87. The van der Waals surface area contributed by atoms with Gasteiger partial charge in [-0.3, -0.25) is 28.8 Å². The smallest absolute Gasteiger partial charge is 1.00 e. The van der Waals surface area contributed by atoms with Crippen LogP contribution in [0, 0.1) is 0 Å². The van der Waals surface area contributed by atoms with E-state index in [-0.39, 0.29) is 25.9 Å². The van der Waals surface area contributed by atoms with Gasteiger partial charge in [-0.05, 0) is 0 Å². The van der Waals surface area contributed by atoms with Crippen LogP contribution in [-0.4, -0.2) is 155 Å². The quantitative estimate of drug-likeness (QED) is 0.0796. The van der Waals surface area contributed by atoms with Gasteiger partial charge in [-0.2, -0.15) is 0 Å². The Hall–Kier alpha value is -4.12. The van der Waals surface area contributed by atoms with Crippen molar-refractivity contribution in [2.24, 2.45) is 0 Å². The van der Waals surface area contributed by atoms with Gasteiger partial charge in [-0.1, -0.05) is 0 Å². The monoisotopic (exact) mass is 602 g/mol. The van der Waals surface area contributed by atoms with Crippen LogP contribution in [-0.2, 0) is 43.2 Å². The third-order valence-electron chi connectivity index (χ3n) is 3.86. The maximum Gasteiger partial charge on any atom is 2.00 e. The minimum atomic E-state index is -2.74. The van der Waals surface area contributed by atoms with Crippen molar-refractivity contribution in [1.82, 2.24) is 0 Å². The van der Waals surface area contributed by atoms with Crippen LogP contribution in [0.3, 0.4) is 0 Å². The molecular formula is C18H26MgO21. The number of hydrogen-bond acceptors (Lipinski definition) is 12. The minimum absolute atomic E-state index is 0. The molecule has 0 saturated heterocycles. The van der Waals surface area contributed by atoms with Crippen molar-refractivity contribution < 1.29 is 107 Å². The maximum atomic E-state index is 10.3. The SMILES string of the molecule is O=C(O)CC(O)(CC(=O)O)C(=O)O.O=C(O)CC(O)(CC(=O)O)C(=O)O.O=C(O)CC(O)(CC(=O)O)C(=O)O.[H-].[H-].[Mg+2]. The fourth-order valence-corrected chi connectivity index (χ4v) is 2.14. The predicted molar refractivity (Wildman–Crippen MR) is 119 cm³/mol. The first kappa shape index (κ1) is 42.9. The molecule has 0 bridgehead atoms. The second-order valence-corrected chi connectivity index (χ2v) is 7.43. The summed E-state index contributed by atoms with van der Waals surface area (Å²) in [5, 5.41) is 101. The van der Waals surface area contributed by atoms with Crippen molar-refractivity contribution >= 4 is 76.8 Å². The van der Waals surface area contributed by atoms with Crippen LogP contribution >= 0.6 is 0 Å². The molecular weight excluding hydrogens is 576 g/mol. The van der Waals surface area contributed by atoms with Crippen molar-refractivity contribution in [2.45, 2.75) is 55.3 Å². The van der Waals surface area contributed by atoms with E-state index in [4.69, 9.17) is 61.3 Å². The molecule has 21 nitrogen and oxygen atoms in total. The zero-order chi connectivity index (χ0) is 31.9. The largest absolute Gasteiger partial charge is 2.00 e. The molecule has 0 amide bonds. The summed E-state index contributed by atoms with van der Waals surface area (Å²) in [5.41, 5.74) is -8.22. The molecule has 0 radical (unpaired) electrons. The molecule has 0 atom stereocenters. The molecule has 40 heavy (non-hydrogen) atoms. The molecule has 0 saturated carbocycles. The standard InChI is InChI=1S/3C6H8O7.Mg.2H/c3*7-3(8)1-6(13,5(11)12)2-4(9)10;;;/h3*13H,1-2H2,(H,7,8)(H,9,10)(H,11,12);;;/q;;;+2;2*-1. The first-order valence-corrected chi connectivity index (χ1v) is 9.51. The summed E-state index contributed by atoms with van der Waals surface area (Å²) in [6, 6.07) is 0. The first-order chi connectivity index (χ1) is 17.3. The van der Waals surface area contributed by atoms with Crippen LogP contribution in [0.15, 0.2) is 0 Å². The molecule has 0 heterocycles. The Morgan fingerprint density at radius 3 is 0.500 bits per heavy atom. The Bertz CT molecular complexity index is 824. The van der Waals surface area contributed by atoms with Gasteiger partial charge in [-0.15, -0.1) is 0 Å². The van der Waals surface area contributed by atoms with Crippen molar-refractivity contribution in [3.63, 3.8) is 0 Å². The van der Waals surface area contributed by atoms with E-state index in [1.54, 1.807) is 0 Å². The topological polar surface area (TPSA) is 396 Å². The number of carboxylic acids is 9. The van der Waals surface area contributed by atoms with E-state index in [0.29, 0.717) is 0 Å². The Morgan fingerprint density at radius 1 is 0.350 bits per heavy atom. The summed E-state index contributed by atoms with van der Waals surface area (Å²) in [7, 11) is 0. The van der Waals surface area contributed by atoms with Gasteiger partial charge in [0, 0.05) is 0 Å². The summed E-state index contributed by atoms with van der Waals surface area (Å²) in [4.78, 5) is 91.5. The molecule has 226 valence electrons. The van der Waals surface area contributed by atoms with Gasteiger partial charge < -0.3 is 64.1 Å². The number of aliphatic hydroxyl groups is 3. The minimum Gasteiger partial charge on any atom is -1.00 e. The van der Waals surface area contributed by atoms with Gasteiger partial charge in [-0.25, -0.2) is 14.4 Å². The predicted octanol–water partition coefficient (Wildman–Crippen LogP) is -3.90. The fourth-order valence-electron chi connectivity index (χ4n) is 2.14. The Balaban J connectivity index is -0.000000112. The third-order valence-corrected chi connectivity index (χ3v) is 3.86. The summed E-state index contributed by atoms with van der Waals surface area (Å²) in [5.74, 6) is -15.1. The van der Waals surface area contributed by atoms with E-state index in [1.165, 1.54) is 0 Å². The van der Waals surface area contributed by atoms with E-state index in [1.807, 2.05) is 0 Å². The molecule has 0 aliphatic rings. The number of carbonyl (C=O) groups is 9. The molecule has 22 heteroatoms. The van der Waals surface area contributed by atoms with E-state index in [2.05, 4.69) is 0 Å². The Morgan fingerprint density at radius 2 is 0.450 bits per heavy atom. The Kier molecular flexibility index (Phi) is 19.6. The molecule has 0 aliphatic carbocycles. The van der Waals surface area contributed by atoms with Gasteiger partial charge in [0.1, 0.15) is 0 Å². The first-order valence-electron chi connectivity index (χ1n) is 9.51. The fraction of sp³-hybridized carbons (Fsp3) is 0.500. The molecule has 0 fully saturated rings. The maximum absolute atomic E-state index is 10.3. The van der Waals surface area contributed by atoms with Crippen LogP contribution in [0.4, 0.5) is 0 Å². The van der Waals surface area contributed by atoms with Gasteiger partial charge in [0.25, 0.3) is 0 Å². The summed E-state index contributed by atoms with van der Waals surface area (Å²) >= 11 is 0. The zero-order valence-electron chi connectivity index (χ0n) is 22.0. The third kappa shape index (κ3) is 19.0. The Labute approximate surface area is 239 Å². The van der Waals surface area contributed by atoms with Gasteiger partial charge in [0.2, 0.25) is 0 Å². The van der Waals surface area contributed by atoms with Crippen LogP contribution in [0.1, 0.15) is 41.4 Å². The van der Waals surface area contributed by atoms with Crippen molar-refractivity contribution in [3.8, 4) is 0 Å². The zero-order valence-corrected chi connectivity index (χ0v) is 21.4. The van der Waals surface area contributed by atoms with E-state index in [0.717, 1.165) is 0 Å². The number of carboxylic acid groups (broad SMARTS) is 9. The molecule has 0 aromatic carbocycles. The van der Waals surface area contributed by atoms with Crippen molar-refractivity contribution in [2.75, 3.05) is 0 Å². The van der Waals surface area contributed by atoms with Crippen LogP contribution < -0.4 is 0 Å². The van der Waals surface area contributed by atoms with E-state index >= 15 is 0 Å². The molecule has 0 unspecified atom stereocenters. The number of hydrogen-bond donors (Lipinski definition) is 12. The van der Waals surface area contributed by atoms with Gasteiger partial charge in [0.15, 0.2) is 16.8 Å². The average molecular weight is 603 g/mol. The number of rotatable bonds is 15. The summed E-state index contributed by atoms with van der Waals surface area (Å²) in [6.45, 7) is 0. The van der Waals surface area contributed by atoms with Crippen LogP contribution in [0.2, 0.25) is 0 Å². The second-order valence-electron chi connectivity index (χ2n) is 7.43. The molecule has 12 N–H and O–H groups in total. The van der Waals surface area contributed by atoms with Crippen molar-refractivity contribution in [3.05, 3.63) is 0 Å². The van der Waals surface area contributed by atoms with Crippen LogP contribution in [0.5, 0.6) is 0 Å². The van der Waals surface area contributed by atoms with E-state index in [9.17, 15) is 43.2 Å². The molecule has 0 spiro atoms. The normalized spacial score (nSPS) is 10.6. The average Bonchev–Trinajstić information content (AvgIpc) is 2.64. The van der Waals surface area contributed by atoms with Crippen molar-refractivity contribution in [1.29, 1.82) is 0 Å². The van der Waals surface area contributed by atoms with Gasteiger partial charge >= 0.3 is 76.8 Å². The second kappa shape index (κ2) is 18.2. The van der Waals surface area contributed by atoms with E-state index < -0.39 is 109 Å². The molecule has 0 aliphatic heterocycles. The molecule has 0 aromatic heterocycles. The number of aliphatic carboxylic acids is 9.